The molecule has 0 aromatic carbocycles. The Morgan fingerprint density at radius 3 is 2.27 bits per heavy atom. The van der Waals surface area contributed by atoms with Gasteiger partial charge in [0.15, 0.2) is 0 Å². The lowest BCUT2D eigenvalue weighted by Crippen LogP contribution is -1.70. The van der Waals surface area contributed by atoms with Gasteiger partial charge in [-0.15, -0.1) is 0 Å². The molecule has 0 aliphatic carbocycles. The van der Waals surface area contributed by atoms with Gasteiger partial charge in [0.25, 0.3) is 0 Å². The summed E-state index contributed by atoms with van der Waals surface area (Å²) >= 11 is 2.25. The Morgan fingerprint density at radius 2 is 1.73 bits per heavy atom. The molecule has 0 atom stereocenters. The van der Waals surface area contributed by atoms with Crippen molar-refractivity contribution in [3.63, 3.8) is 0 Å². The second-order valence-corrected chi connectivity index (χ2v) is 3.03. The summed E-state index contributed by atoms with van der Waals surface area (Å²) in [6, 6.07) is 0. The molecule has 11 heavy (non-hydrogen) atoms. The first kappa shape index (κ1) is 11.0. The SMILES string of the molecule is C=C/C=C/CCCC/C=C/I. The molecule has 0 radical (unpaired) electrons. The van der Waals surface area contributed by atoms with Crippen LogP contribution in [0, 0.1) is 0 Å². The van der Waals surface area contributed by atoms with Crippen LogP contribution >= 0.6 is 22.6 Å². The fourth-order valence-corrected chi connectivity index (χ4v) is 1.14. The van der Waals surface area contributed by atoms with Crippen molar-refractivity contribution in [3.8, 4) is 0 Å². The van der Waals surface area contributed by atoms with Crippen molar-refractivity contribution in [2.24, 2.45) is 0 Å². The zero-order valence-electron chi connectivity index (χ0n) is 6.80. The molecular weight excluding hydrogens is 247 g/mol. The molecule has 0 aliphatic rings. The van der Waals surface area contributed by atoms with Gasteiger partial charge in [0, 0.05) is 0 Å². The first-order valence-electron chi connectivity index (χ1n) is 3.94. The van der Waals surface area contributed by atoms with E-state index in [1.54, 1.807) is 0 Å². The van der Waals surface area contributed by atoms with E-state index in [0.717, 1.165) is 0 Å². The summed E-state index contributed by atoms with van der Waals surface area (Å²) in [6.07, 6.45) is 13.2. The van der Waals surface area contributed by atoms with Gasteiger partial charge in [-0.05, 0) is 29.8 Å². The van der Waals surface area contributed by atoms with Crippen molar-refractivity contribution in [3.05, 3.63) is 35.0 Å². The minimum absolute atomic E-state index is 1.18. The number of hydrogen-bond acceptors (Lipinski definition) is 0. The number of halogens is 1. The third-order valence-corrected chi connectivity index (χ3v) is 1.86. The van der Waals surface area contributed by atoms with E-state index in [4.69, 9.17) is 0 Å². The monoisotopic (exact) mass is 262 g/mol. The van der Waals surface area contributed by atoms with Crippen LogP contribution in [0.15, 0.2) is 35.0 Å². The average molecular weight is 262 g/mol. The molecule has 62 valence electrons. The highest BCUT2D eigenvalue weighted by Gasteiger charge is 1.81. The lowest BCUT2D eigenvalue weighted by Gasteiger charge is -1.90. The van der Waals surface area contributed by atoms with Crippen LogP contribution in [0.3, 0.4) is 0 Å². The normalized spacial score (nSPS) is 11.4. The number of allylic oxidation sites excluding steroid dienone is 4. The second kappa shape index (κ2) is 9.95. The van der Waals surface area contributed by atoms with E-state index in [9.17, 15) is 0 Å². The van der Waals surface area contributed by atoms with Gasteiger partial charge >= 0.3 is 0 Å². The Hall–Kier alpha value is -0.0500. The van der Waals surface area contributed by atoms with Crippen LogP contribution in [-0.4, -0.2) is 0 Å². The first-order valence-corrected chi connectivity index (χ1v) is 5.19. The highest BCUT2D eigenvalue weighted by Crippen LogP contribution is 2.02. The molecule has 0 aliphatic heterocycles. The van der Waals surface area contributed by atoms with E-state index in [1.807, 2.05) is 12.2 Å². The van der Waals surface area contributed by atoms with Crippen LogP contribution in [0.25, 0.3) is 0 Å². The molecule has 0 aromatic heterocycles. The summed E-state index contributed by atoms with van der Waals surface area (Å²) < 4.78 is 2.08. The van der Waals surface area contributed by atoms with Crippen molar-refractivity contribution in [2.45, 2.75) is 25.7 Å². The summed E-state index contributed by atoms with van der Waals surface area (Å²) in [5.41, 5.74) is 0. The molecule has 0 spiro atoms. The molecule has 0 N–H and O–H groups in total. The minimum Gasteiger partial charge on any atom is -0.0991 e. The molecule has 0 nitrogen and oxygen atoms in total. The molecule has 0 rings (SSSR count). The lowest BCUT2D eigenvalue weighted by atomic mass is 10.2. The van der Waals surface area contributed by atoms with Crippen LogP contribution in [0.1, 0.15) is 25.7 Å². The van der Waals surface area contributed by atoms with E-state index in [1.165, 1.54) is 25.7 Å². The number of hydrogen-bond donors (Lipinski definition) is 0. The molecule has 1 heteroatoms. The van der Waals surface area contributed by atoms with Crippen LogP contribution in [0.5, 0.6) is 0 Å². The molecule has 0 saturated carbocycles. The molecule has 0 amide bonds. The second-order valence-electron chi connectivity index (χ2n) is 2.31. The predicted octanol–water partition coefficient (Wildman–Crippen LogP) is 4.24. The summed E-state index contributed by atoms with van der Waals surface area (Å²) in [7, 11) is 0. The maximum Gasteiger partial charge on any atom is -0.0274 e. The third kappa shape index (κ3) is 9.95. The number of unbranched alkanes of at least 4 members (excludes halogenated alkanes) is 3. The summed E-state index contributed by atoms with van der Waals surface area (Å²) in [6.45, 7) is 3.61. The topological polar surface area (TPSA) is 0 Å². The van der Waals surface area contributed by atoms with E-state index >= 15 is 0 Å². The Labute approximate surface area is 83.2 Å². The maximum absolute atomic E-state index is 3.61. The van der Waals surface area contributed by atoms with Crippen molar-refractivity contribution in [1.82, 2.24) is 0 Å². The Morgan fingerprint density at radius 1 is 1.09 bits per heavy atom. The fourth-order valence-electron chi connectivity index (χ4n) is 0.780. The van der Waals surface area contributed by atoms with Crippen LogP contribution in [-0.2, 0) is 0 Å². The van der Waals surface area contributed by atoms with E-state index in [0.29, 0.717) is 0 Å². The largest absolute Gasteiger partial charge is 0.0991 e. The Bertz CT molecular complexity index is 134. The van der Waals surface area contributed by atoms with Crippen LogP contribution in [0.2, 0.25) is 0 Å². The molecule has 0 fully saturated rings. The zero-order chi connectivity index (χ0) is 8.36. The smallest absolute Gasteiger partial charge is 0.0274 e. The number of rotatable bonds is 6. The minimum atomic E-state index is 1.18. The highest BCUT2D eigenvalue weighted by atomic mass is 127. The van der Waals surface area contributed by atoms with Crippen molar-refractivity contribution in [1.29, 1.82) is 0 Å². The molecule has 0 bridgehead atoms. The third-order valence-electron chi connectivity index (χ3n) is 1.35. The summed E-state index contributed by atoms with van der Waals surface area (Å²) in [5, 5.41) is 0. The van der Waals surface area contributed by atoms with Gasteiger partial charge in [-0.1, -0.05) is 53.5 Å². The summed E-state index contributed by atoms with van der Waals surface area (Å²) in [5.74, 6) is 0. The molecule has 0 heterocycles. The standard InChI is InChI=1S/C10H15I/c1-2-3-4-5-6-7-8-9-10-11/h2-4,9-10H,1,5-8H2/b4-3+,10-9+. The predicted molar refractivity (Wildman–Crippen MR) is 61.0 cm³/mol. The fraction of sp³-hybridized carbons (Fsp3) is 0.400. The van der Waals surface area contributed by atoms with Crippen molar-refractivity contribution >= 4 is 22.6 Å². The van der Waals surface area contributed by atoms with Gasteiger partial charge in [0.2, 0.25) is 0 Å². The van der Waals surface area contributed by atoms with Gasteiger partial charge in [0.05, 0.1) is 0 Å². The van der Waals surface area contributed by atoms with Gasteiger partial charge in [-0.3, -0.25) is 0 Å². The van der Waals surface area contributed by atoms with Crippen molar-refractivity contribution in [2.75, 3.05) is 0 Å². The average Bonchev–Trinajstić information content (AvgIpc) is 2.03. The summed E-state index contributed by atoms with van der Waals surface area (Å²) in [4.78, 5) is 0. The molecule has 0 aromatic rings. The zero-order valence-corrected chi connectivity index (χ0v) is 8.96. The highest BCUT2D eigenvalue weighted by molar-refractivity contribution is 14.1. The molecule has 0 saturated heterocycles. The molecular formula is C10H15I. The van der Waals surface area contributed by atoms with Gasteiger partial charge < -0.3 is 0 Å². The van der Waals surface area contributed by atoms with E-state index < -0.39 is 0 Å². The van der Waals surface area contributed by atoms with E-state index in [-0.39, 0.29) is 0 Å². The van der Waals surface area contributed by atoms with E-state index in [2.05, 4.69) is 45.4 Å². The van der Waals surface area contributed by atoms with Gasteiger partial charge in [-0.25, -0.2) is 0 Å². The van der Waals surface area contributed by atoms with Gasteiger partial charge in [0.1, 0.15) is 0 Å². The van der Waals surface area contributed by atoms with Crippen molar-refractivity contribution < 1.29 is 0 Å². The first-order chi connectivity index (χ1) is 5.41. The van der Waals surface area contributed by atoms with Gasteiger partial charge in [-0.2, -0.15) is 0 Å². The van der Waals surface area contributed by atoms with Crippen LogP contribution < -0.4 is 0 Å². The lowest BCUT2D eigenvalue weighted by molar-refractivity contribution is 0.763. The molecule has 0 unspecified atom stereocenters. The quantitative estimate of drug-likeness (QED) is 0.381. The Balaban J connectivity index is 3.02. The van der Waals surface area contributed by atoms with Crippen LogP contribution in [0.4, 0.5) is 0 Å². The maximum atomic E-state index is 3.61. The Kier molecular flexibility index (Phi) is 9.90.